The topological polar surface area (TPSA) is 81.9 Å². The third kappa shape index (κ3) is 5.08. The lowest BCUT2D eigenvalue weighted by atomic mass is 10.2. The zero-order chi connectivity index (χ0) is 21.6. The third-order valence-corrected chi connectivity index (χ3v) is 4.60. The Hall–Kier alpha value is -4.13. The van der Waals surface area contributed by atoms with Crippen molar-refractivity contribution in [3.8, 4) is 11.5 Å². The molecule has 0 saturated heterocycles. The molecule has 1 N–H and O–H groups in total. The van der Waals surface area contributed by atoms with Gasteiger partial charge in [0.15, 0.2) is 0 Å². The number of imidazole rings is 1. The number of para-hydroxylation sites is 1. The average Bonchev–Trinajstić information content (AvgIpc) is 3.22. The second-order valence-electron chi connectivity index (χ2n) is 6.94. The molecular formula is C24H21N3O4. The zero-order valence-corrected chi connectivity index (χ0v) is 16.9. The maximum atomic E-state index is 12.3. The molecular weight excluding hydrogens is 394 g/mol. The van der Waals surface area contributed by atoms with Crippen LogP contribution in [-0.2, 0) is 16.1 Å². The molecule has 156 valence electrons. The number of hydrogen-bond acceptors (Lipinski definition) is 5. The number of rotatable bonds is 7. The van der Waals surface area contributed by atoms with Gasteiger partial charge in [0, 0.05) is 18.0 Å². The van der Waals surface area contributed by atoms with Gasteiger partial charge in [0.05, 0.1) is 5.69 Å². The third-order valence-electron chi connectivity index (χ3n) is 4.60. The summed E-state index contributed by atoms with van der Waals surface area (Å²) in [6.45, 7) is 1.78. The number of esters is 1. The van der Waals surface area contributed by atoms with Crippen molar-refractivity contribution in [1.82, 2.24) is 14.7 Å². The summed E-state index contributed by atoms with van der Waals surface area (Å²) in [5, 5.41) is 2.56. The smallest absolute Gasteiger partial charge is 0.325 e. The summed E-state index contributed by atoms with van der Waals surface area (Å²) in [6, 6.07) is 19.9. The van der Waals surface area contributed by atoms with Crippen molar-refractivity contribution in [1.29, 1.82) is 0 Å². The predicted molar refractivity (Wildman–Crippen MR) is 115 cm³/mol. The van der Waals surface area contributed by atoms with E-state index in [1.807, 2.05) is 66.2 Å². The van der Waals surface area contributed by atoms with E-state index >= 15 is 0 Å². The van der Waals surface area contributed by atoms with Crippen LogP contribution in [0.3, 0.4) is 0 Å². The highest BCUT2D eigenvalue weighted by Crippen LogP contribution is 2.21. The normalized spacial score (nSPS) is 10.6. The fourth-order valence-corrected chi connectivity index (χ4v) is 3.03. The van der Waals surface area contributed by atoms with E-state index in [9.17, 15) is 9.59 Å². The Kier molecular flexibility index (Phi) is 5.93. The Labute approximate surface area is 179 Å². The molecule has 0 bridgehead atoms. The lowest BCUT2D eigenvalue weighted by Crippen LogP contribution is -2.30. The summed E-state index contributed by atoms with van der Waals surface area (Å²) in [4.78, 5) is 28.7. The van der Waals surface area contributed by atoms with Crippen molar-refractivity contribution >= 4 is 17.5 Å². The minimum Gasteiger partial charge on any atom is -0.458 e. The molecule has 2 aromatic heterocycles. The maximum Gasteiger partial charge on any atom is 0.325 e. The lowest BCUT2D eigenvalue weighted by molar-refractivity contribution is -0.143. The van der Waals surface area contributed by atoms with E-state index in [4.69, 9.17) is 9.47 Å². The van der Waals surface area contributed by atoms with E-state index in [0.717, 1.165) is 11.2 Å². The van der Waals surface area contributed by atoms with Crippen LogP contribution in [0.1, 0.15) is 21.6 Å². The molecule has 31 heavy (non-hydrogen) atoms. The van der Waals surface area contributed by atoms with Crippen molar-refractivity contribution in [2.24, 2.45) is 0 Å². The molecule has 0 aliphatic heterocycles. The summed E-state index contributed by atoms with van der Waals surface area (Å²) in [7, 11) is 0. The number of aromatic nitrogens is 2. The number of fused-ring (bicyclic) bond motifs is 1. The summed E-state index contributed by atoms with van der Waals surface area (Å²) >= 11 is 0. The number of pyridine rings is 1. The first-order chi connectivity index (χ1) is 15.1. The Morgan fingerprint density at radius 2 is 1.71 bits per heavy atom. The van der Waals surface area contributed by atoms with Crippen LogP contribution in [0.25, 0.3) is 5.65 Å². The largest absolute Gasteiger partial charge is 0.458 e. The van der Waals surface area contributed by atoms with Gasteiger partial charge in [0.2, 0.25) is 0 Å². The van der Waals surface area contributed by atoms with Crippen LogP contribution in [-0.4, -0.2) is 27.8 Å². The minimum atomic E-state index is -0.536. The molecule has 2 aromatic carbocycles. The number of nitrogens with one attached hydrogen (secondary N) is 1. The molecule has 7 nitrogen and oxygen atoms in total. The number of hydrogen-bond donors (Lipinski definition) is 1. The molecule has 0 unspecified atom stereocenters. The van der Waals surface area contributed by atoms with Crippen LogP contribution in [0.4, 0.5) is 0 Å². The molecule has 0 radical (unpaired) electrons. The first-order valence-corrected chi connectivity index (χ1v) is 9.78. The van der Waals surface area contributed by atoms with Crippen LogP contribution < -0.4 is 10.1 Å². The minimum absolute atomic E-state index is 0.0430. The van der Waals surface area contributed by atoms with E-state index in [0.29, 0.717) is 22.8 Å². The van der Waals surface area contributed by atoms with Gasteiger partial charge in [-0.25, -0.2) is 4.98 Å². The fraction of sp³-hybridized carbons (Fsp3) is 0.125. The van der Waals surface area contributed by atoms with Gasteiger partial charge in [-0.05, 0) is 55.0 Å². The lowest BCUT2D eigenvalue weighted by Gasteiger charge is -2.08. The van der Waals surface area contributed by atoms with E-state index < -0.39 is 5.97 Å². The van der Waals surface area contributed by atoms with Crippen LogP contribution in [0, 0.1) is 6.92 Å². The highest BCUT2D eigenvalue weighted by atomic mass is 16.5. The van der Waals surface area contributed by atoms with Gasteiger partial charge >= 0.3 is 5.97 Å². The van der Waals surface area contributed by atoms with Crippen molar-refractivity contribution < 1.29 is 19.1 Å². The van der Waals surface area contributed by atoms with Crippen molar-refractivity contribution in [3.63, 3.8) is 0 Å². The number of ether oxygens (including phenoxy) is 2. The van der Waals surface area contributed by atoms with Crippen LogP contribution in [0.15, 0.2) is 79.1 Å². The second kappa shape index (κ2) is 9.13. The van der Waals surface area contributed by atoms with Crippen LogP contribution in [0.2, 0.25) is 0 Å². The average molecular weight is 415 g/mol. The van der Waals surface area contributed by atoms with E-state index in [-0.39, 0.29) is 19.1 Å². The fourth-order valence-electron chi connectivity index (χ4n) is 3.03. The Morgan fingerprint density at radius 3 is 2.45 bits per heavy atom. The molecule has 0 aliphatic carbocycles. The first kappa shape index (κ1) is 20.2. The van der Waals surface area contributed by atoms with Crippen LogP contribution >= 0.6 is 0 Å². The molecule has 0 aliphatic rings. The summed E-state index contributed by atoms with van der Waals surface area (Å²) in [5.41, 5.74) is 2.92. The standard InChI is InChI=1S/C24H21N3O4/c1-17-6-5-13-27-15-19(26-23(17)27)16-30-22(28)14-25-24(29)18-9-11-21(12-10-18)31-20-7-3-2-4-8-20/h2-13,15H,14,16H2,1H3,(H,25,29). The van der Waals surface area contributed by atoms with Gasteiger partial charge < -0.3 is 19.2 Å². The van der Waals surface area contributed by atoms with Crippen molar-refractivity contribution in [3.05, 3.63) is 95.9 Å². The summed E-state index contributed by atoms with van der Waals surface area (Å²) in [6.07, 6.45) is 3.70. The van der Waals surface area contributed by atoms with Crippen molar-refractivity contribution in [2.75, 3.05) is 6.54 Å². The van der Waals surface area contributed by atoms with Gasteiger partial charge in [-0.2, -0.15) is 0 Å². The SMILES string of the molecule is Cc1cccn2cc(COC(=O)CNC(=O)c3ccc(Oc4ccccc4)cc3)nc12. The molecule has 0 spiro atoms. The van der Waals surface area contributed by atoms with E-state index in [1.54, 1.807) is 24.3 Å². The number of carbonyl (C=O) groups excluding carboxylic acids is 2. The van der Waals surface area contributed by atoms with Crippen LogP contribution in [0.5, 0.6) is 11.5 Å². The molecule has 4 aromatic rings. The van der Waals surface area contributed by atoms with Gasteiger partial charge in [0.25, 0.3) is 5.91 Å². The molecule has 7 heteroatoms. The summed E-state index contributed by atoms with van der Waals surface area (Å²) in [5.74, 6) is 0.422. The number of aryl methyl sites for hydroxylation is 1. The number of amides is 1. The number of nitrogens with zero attached hydrogens (tertiary/aromatic N) is 2. The maximum absolute atomic E-state index is 12.3. The molecule has 2 heterocycles. The molecule has 0 saturated carbocycles. The summed E-state index contributed by atoms with van der Waals surface area (Å²) < 4.78 is 12.8. The van der Waals surface area contributed by atoms with Crippen molar-refractivity contribution in [2.45, 2.75) is 13.5 Å². The van der Waals surface area contributed by atoms with Gasteiger partial charge in [-0.15, -0.1) is 0 Å². The Balaban J connectivity index is 1.25. The highest BCUT2D eigenvalue weighted by Gasteiger charge is 2.11. The molecule has 4 rings (SSSR count). The Morgan fingerprint density at radius 1 is 0.968 bits per heavy atom. The Bertz CT molecular complexity index is 1200. The highest BCUT2D eigenvalue weighted by molar-refractivity contribution is 5.96. The van der Waals surface area contributed by atoms with Gasteiger partial charge in [-0.3, -0.25) is 9.59 Å². The quantitative estimate of drug-likeness (QED) is 0.463. The van der Waals surface area contributed by atoms with Gasteiger partial charge in [-0.1, -0.05) is 24.3 Å². The first-order valence-electron chi connectivity index (χ1n) is 9.78. The van der Waals surface area contributed by atoms with Gasteiger partial charge in [0.1, 0.15) is 30.3 Å². The second-order valence-corrected chi connectivity index (χ2v) is 6.94. The monoisotopic (exact) mass is 415 g/mol. The predicted octanol–water partition coefficient (Wildman–Crippen LogP) is 3.91. The van der Waals surface area contributed by atoms with E-state index in [1.165, 1.54) is 0 Å². The number of carbonyl (C=O) groups is 2. The number of benzene rings is 2. The molecule has 0 atom stereocenters. The zero-order valence-electron chi connectivity index (χ0n) is 16.9. The van der Waals surface area contributed by atoms with E-state index in [2.05, 4.69) is 10.3 Å². The molecule has 1 amide bonds. The molecule has 0 fully saturated rings.